The van der Waals surface area contributed by atoms with E-state index in [0.29, 0.717) is 6.61 Å². The molecule has 3 nitrogen and oxygen atoms in total. The lowest BCUT2D eigenvalue weighted by Gasteiger charge is -2.33. The summed E-state index contributed by atoms with van der Waals surface area (Å²) in [6.45, 7) is 9.78. The average molecular weight is 175 g/mol. The summed E-state index contributed by atoms with van der Waals surface area (Å²) in [6.07, 6.45) is 0. The van der Waals surface area contributed by atoms with E-state index in [9.17, 15) is 0 Å². The summed E-state index contributed by atoms with van der Waals surface area (Å²) in [7, 11) is 0. The molecule has 1 fully saturated rings. The Morgan fingerprint density at radius 1 is 1.50 bits per heavy atom. The molecule has 12 heavy (non-hydrogen) atoms. The molecule has 1 heterocycles. The van der Waals surface area contributed by atoms with Crippen molar-refractivity contribution in [1.29, 1.82) is 0 Å². The summed E-state index contributed by atoms with van der Waals surface area (Å²) < 4.78 is 5.20. The second-order valence-corrected chi connectivity index (χ2v) is 2.54. The molecule has 1 atom stereocenters. The van der Waals surface area contributed by atoms with Gasteiger partial charge in [0.05, 0.1) is 25.9 Å². The van der Waals surface area contributed by atoms with Gasteiger partial charge in [-0.2, -0.15) is 0 Å². The Bertz CT molecular complexity index is 86.5. The van der Waals surface area contributed by atoms with Crippen LogP contribution in [0, 0.1) is 0 Å². The van der Waals surface area contributed by atoms with Crippen LogP contribution in [0.4, 0.5) is 0 Å². The van der Waals surface area contributed by atoms with Gasteiger partial charge in [-0.1, -0.05) is 20.8 Å². The van der Waals surface area contributed by atoms with Gasteiger partial charge in [-0.3, -0.25) is 4.90 Å². The SMILES string of the molecule is CC.CCN1CCOCC1CO. The third kappa shape index (κ3) is 3.52. The third-order valence-electron chi connectivity index (χ3n) is 1.97. The standard InChI is InChI=1S/C7H15NO2.C2H6/c1-2-8-3-4-10-6-7(8)5-9;1-2/h7,9H,2-6H2,1H3;1-2H3. The van der Waals surface area contributed by atoms with Crippen LogP contribution in [0.2, 0.25) is 0 Å². The predicted octanol–water partition coefficient (Wildman–Crippen LogP) is 0.726. The van der Waals surface area contributed by atoms with Gasteiger partial charge in [-0.25, -0.2) is 0 Å². The third-order valence-corrected chi connectivity index (χ3v) is 1.97. The molecular weight excluding hydrogens is 154 g/mol. The van der Waals surface area contributed by atoms with E-state index >= 15 is 0 Å². The van der Waals surface area contributed by atoms with Crippen LogP contribution in [0.5, 0.6) is 0 Å². The Balaban J connectivity index is 0.000000561. The van der Waals surface area contributed by atoms with Crippen LogP contribution in [0.25, 0.3) is 0 Å². The van der Waals surface area contributed by atoms with E-state index in [1.54, 1.807) is 0 Å². The van der Waals surface area contributed by atoms with Gasteiger partial charge in [0.2, 0.25) is 0 Å². The molecule has 1 aliphatic heterocycles. The highest BCUT2D eigenvalue weighted by Gasteiger charge is 2.19. The maximum atomic E-state index is 8.87. The molecule has 1 rings (SSSR count). The molecule has 0 aliphatic carbocycles. The molecular formula is C9H21NO2. The minimum absolute atomic E-state index is 0.216. The highest BCUT2D eigenvalue weighted by Crippen LogP contribution is 2.04. The summed E-state index contributed by atoms with van der Waals surface area (Å²) in [5.74, 6) is 0. The molecule has 0 saturated carbocycles. The number of morpholine rings is 1. The van der Waals surface area contributed by atoms with Gasteiger partial charge in [0.15, 0.2) is 0 Å². The van der Waals surface area contributed by atoms with E-state index in [0.717, 1.165) is 19.7 Å². The van der Waals surface area contributed by atoms with Crippen LogP contribution in [-0.4, -0.2) is 49.0 Å². The number of aliphatic hydroxyl groups excluding tert-OH is 1. The zero-order valence-electron chi connectivity index (χ0n) is 8.42. The van der Waals surface area contributed by atoms with Crippen molar-refractivity contribution >= 4 is 0 Å². The largest absolute Gasteiger partial charge is 0.395 e. The normalized spacial score (nSPS) is 24.5. The van der Waals surface area contributed by atoms with Gasteiger partial charge >= 0.3 is 0 Å². The van der Waals surface area contributed by atoms with Crippen LogP contribution in [0.15, 0.2) is 0 Å². The van der Waals surface area contributed by atoms with E-state index in [4.69, 9.17) is 9.84 Å². The van der Waals surface area contributed by atoms with Crippen LogP contribution < -0.4 is 0 Å². The molecule has 1 unspecified atom stereocenters. The maximum absolute atomic E-state index is 8.87. The number of rotatable bonds is 2. The first-order valence-corrected chi connectivity index (χ1v) is 4.81. The van der Waals surface area contributed by atoms with E-state index in [1.165, 1.54) is 0 Å². The number of hydrogen-bond donors (Lipinski definition) is 1. The van der Waals surface area contributed by atoms with E-state index in [2.05, 4.69) is 11.8 Å². The molecule has 1 saturated heterocycles. The summed E-state index contributed by atoms with van der Waals surface area (Å²) in [4.78, 5) is 2.24. The summed E-state index contributed by atoms with van der Waals surface area (Å²) in [6, 6.07) is 0.235. The van der Waals surface area contributed by atoms with Crippen molar-refractivity contribution in [3.63, 3.8) is 0 Å². The number of ether oxygens (including phenoxy) is 1. The number of aliphatic hydroxyl groups is 1. The lowest BCUT2D eigenvalue weighted by molar-refractivity contribution is -0.0248. The monoisotopic (exact) mass is 175 g/mol. The Morgan fingerprint density at radius 3 is 2.58 bits per heavy atom. The first-order chi connectivity index (χ1) is 5.88. The molecule has 1 aliphatic rings. The average Bonchev–Trinajstić information content (AvgIpc) is 2.20. The second kappa shape index (κ2) is 7.53. The van der Waals surface area contributed by atoms with Crippen molar-refractivity contribution in [3.8, 4) is 0 Å². The lowest BCUT2D eigenvalue weighted by atomic mass is 10.2. The molecule has 0 aromatic rings. The zero-order chi connectivity index (χ0) is 9.40. The van der Waals surface area contributed by atoms with Crippen molar-refractivity contribution < 1.29 is 9.84 Å². The van der Waals surface area contributed by atoms with E-state index < -0.39 is 0 Å². The van der Waals surface area contributed by atoms with Crippen molar-refractivity contribution in [2.45, 2.75) is 26.8 Å². The Kier molecular flexibility index (Phi) is 7.45. The van der Waals surface area contributed by atoms with Gasteiger partial charge in [-0.15, -0.1) is 0 Å². The van der Waals surface area contributed by atoms with Crippen LogP contribution in [0.1, 0.15) is 20.8 Å². The first-order valence-electron chi connectivity index (χ1n) is 4.81. The fourth-order valence-electron chi connectivity index (χ4n) is 1.27. The first kappa shape index (κ1) is 11.9. The molecule has 0 radical (unpaired) electrons. The minimum atomic E-state index is 0.216. The van der Waals surface area contributed by atoms with Gasteiger partial charge < -0.3 is 9.84 Å². The smallest absolute Gasteiger partial charge is 0.0644 e. The van der Waals surface area contributed by atoms with Crippen molar-refractivity contribution in [1.82, 2.24) is 4.90 Å². The molecule has 1 N–H and O–H groups in total. The predicted molar refractivity (Wildman–Crippen MR) is 50.3 cm³/mol. The van der Waals surface area contributed by atoms with Gasteiger partial charge in [-0.05, 0) is 6.54 Å². The molecule has 3 heteroatoms. The molecule has 0 bridgehead atoms. The highest BCUT2D eigenvalue weighted by molar-refractivity contribution is 4.72. The van der Waals surface area contributed by atoms with Crippen LogP contribution in [0.3, 0.4) is 0 Å². The highest BCUT2D eigenvalue weighted by atomic mass is 16.5. The Hall–Kier alpha value is -0.120. The zero-order valence-corrected chi connectivity index (χ0v) is 8.42. The lowest BCUT2D eigenvalue weighted by Crippen LogP contribution is -2.47. The molecule has 0 aromatic heterocycles. The number of nitrogens with zero attached hydrogens (tertiary/aromatic N) is 1. The quantitative estimate of drug-likeness (QED) is 0.671. The molecule has 0 amide bonds. The topological polar surface area (TPSA) is 32.7 Å². The van der Waals surface area contributed by atoms with Crippen LogP contribution in [-0.2, 0) is 4.74 Å². The fraction of sp³-hybridized carbons (Fsp3) is 1.00. The van der Waals surface area contributed by atoms with Crippen molar-refractivity contribution in [3.05, 3.63) is 0 Å². The molecule has 0 aromatic carbocycles. The Morgan fingerprint density at radius 2 is 2.17 bits per heavy atom. The van der Waals surface area contributed by atoms with Crippen LogP contribution >= 0.6 is 0 Å². The number of likely N-dealkylation sites (N-methyl/N-ethyl adjacent to an activating group) is 1. The van der Waals surface area contributed by atoms with Crippen molar-refractivity contribution in [2.75, 3.05) is 32.9 Å². The molecule has 0 spiro atoms. The summed E-state index contributed by atoms with van der Waals surface area (Å²) in [5, 5.41) is 8.87. The summed E-state index contributed by atoms with van der Waals surface area (Å²) in [5.41, 5.74) is 0. The molecule has 74 valence electrons. The van der Waals surface area contributed by atoms with Gasteiger partial charge in [0.1, 0.15) is 0 Å². The fourth-order valence-corrected chi connectivity index (χ4v) is 1.27. The Labute approximate surface area is 75.3 Å². The van der Waals surface area contributed by atoms with Crippen molar-refractivity contribution in [2.24, 2.45) is 0 Å². The van der Waals surface area contributed by atoms with Gasteiger partial charge in [0, 0.05) is 6.54 Å². The summed E-state index contributed by atoms with van der Waals surface area (Å²) >= 11 is 0. The number of hydrogen-bond acceptors (Lipinski definition) is 3. The van der Waals surface area contributed by atoms with E-state index in [1.807, 2.05) is 13.8 Å². The minimum Gasteiger partial charge on any atom is -0.395 e. The maximum Gasteiger partial charge on any atom is 0.0644 e. The van der Waals surface area contributed by atoms with E-state index in [-0.39, 0.29) is 12.6 Å². The second-order valence-electron chi connectivity index (χ2n) is 2.54. The van der Waals surface area contributed by atoms with Gasteiger partial charge in [0.25, 0.3) is 0 Å².